The molecule has 1 fully saturated rings. The maximum absolute atomic E-state index is 12.5. The van der Waals surface area contributed by atoms with Crippen molar-refractivity contribution in [2.24, 2.45) is 5.92 Å². The minimum absolute atomic E-state index is 0.175. The Morgan fingerprint density at radius 2 is 1.89 bits per heavy atom. The summed E-state index contributed by atoms with van der Waals surface area (Å²) in [6.45, 7) is 6.51. The molecule has 0 bridgehead atoms. The van der Waals surface area contributed by atoms with Gasteiger partial charge in [0.15, 0.2) is 5.78 Å². The molecule has 98 valence electrons. The zero-order valence-electron chi connectivity index (χ0n) is 11.4. The Morgan fingerprint density at radius 3 is 2.44 bits per heavy atom. The van der Waals surface area contributed by atoms with Crippen LogP contribution in [-0.2, 0) is 10.2 Å². The molecule has 2 rings (SSSR count). The molecule has 1 saturated carbocycles. The molecule has 18 heavy (non-hydrogen) atoms. The van der Waals surface area contributed by atoms with Gasteiger partial charge in [-0.2, -0.15) is 0 Å². The van der Waals surface area contributed by atoms with Crippen molar-refractivity contribution in [2.45, 2.75) is 49.8 Å². The van der Waals surface area contributed by atoms with Crippen molar-refractivity contribution >= 4 is 21.7 Å². The van der Waals surface area contributed by atoms with Gasteiger partial charge in [0.2, 0.25) is 0 Å². The first-order valence-corrected chi connectivity index (χ1v) is 7.45. The van der Waals surface area contributed by atoms with Crippen LogP contribution in [0.1, 0.15) is 45.6 Å². The molecule has 2 heteroatoms. The molecule has 1 nitrogen and oxygen atoms in total. The Hall–Kier alpha value is -0.630. The summed E-state index contributed by atoms with van der Waals surface area (Å²) in [5.74, 6) is 0.879. The Labute approximate surface area is 118 Å². The molecular weight excluding hydrogens is 288 g/mol. The van der Waals surface area contributed by atoms with E-state index < -0.39 is 4.32 Å². The molecule has 0 spiro atoms. The first kappa shape index (κ1) is 13.8. The van der Waals surface area contributed by atoms with E-state index in [9.17, 15) is 4.79 Å². The van der Waals surface area contributed by atoms with Crippen LogP contribution in [0.4, 0.5) is 0 Å². The van der Waals surface area contributed by atoms with E-state index in [0.29, 0.717) is 18.1 Å². The van der Waals surface area contributed by atoms with E-state index in [1.165, 1.54) is 5.56 Å². The van der Waals surface area contributed by atoms with Gasteiger partial charge >= 0.3 is 0 Å². The van der Waals surface area contributed by atoms with Crippen molar-refractivity contribution < 1.29 is 4.79 Å². The van der Waals surface area contributed by atoms with E-state index in [4.69, 9.17) is 0 Å². The molecule has 2 unspecified atom stereocenters. The number of hydrogen-bond acceptors (Lipinski definition) is 1. The van der Waals surface area contributed by atoms with Gasteiger partial charge < -0.3 is 0 Å². The third-order valence-electron chi connectivity index (χ3n) is 4.44. The van der Waals surface area contributed by atoms with Gasteiger partial charge in [0.25, 0.3) is 0 Å². The zero-order chi connectivity index (χ0) is 13.4. The molecular formula is C16H21BrO. The number of halogens is 1. The standard InChI is InChI=1S/C16H21BrO/c1-12-9-10-16(17,14(18)11-12)15(2,3)13-7-5-4-6-8-13/h4-8,12H,9-11H2,1-3H3. The number of Topliss-reactive ketones (excluding diaryl/α,β-unsaturated/α-hetero) is 1. The fourth-order valence-electron chi connectivity index (χ4n) is 2.91. The molecule has 0 aromatic heterocycles. The monoisotopic (exact) mass is 308 g/mol. The normalized spacial score (nSPS) is 29.3. The number of ketones is 1. The second kappa shape index (κ2) is 4.80. The zero-order valence-corrected chi connectivity index (χ0v) is 13.0. The quantitative estimate of drug-likeness (QED) is 0.736. The van der Waals surface area contributed by atoms with Crippen LogP contribution in [0.3, 0.4) is 0 Å². The summed E-state index contributed by atoms with van der Waals surface area (Å²) in [5.41, 5.74) is 1.05. The third-order valence-corrected chi connectivity index (χ3v) is 6.27. The first-order valence-electron chi connectivity index (χ1n) is 6.65. The minimum atomic E-state index is -0.409. The first-order chi connectivity index (χ1) is 8.38. The predicted octanol–water partition coefficient (Wildman–Crippen LogP) is 4.49. The van der Waals surface area contributed by atoms with E-state index in [1.54, 1.807) is 0 Å². The lowest BCUT2D eigenvalue weighted by atomic mass is 9.65. The van der Waals surface area contributed by atoms with Crippen molar-refractivity contribution in [3.8, 4) is 0 Å². The van der Waals surface area contributed by atoms with Gasteiger partial charge in [-0.25, -0.2) is 0 Å². The van der Waals surface area contributed by atoms with Crippen LogP contribution in [0.5, 0.6) is 0 Å². The maximum atomic E-state index is 12.5. The van der Waals surface area contributed by atoms with Crippen molar-refractivity contribution in [3.63, 3.8) is 0 Å². The number of alkyl halides is 1. The van der Waals surface area contributed by atoms with Crippen LogP contribution < -0.4 is 0 Å². The lowest BCUT2D eigenvalue weighted by Gasteiger charge is -2.45. The van der Waals surface area contributed by atoms with Crippen molar-refractivity contribution in [3.05, 3.63) is 35.9 Å². The number of benzene rings is 1. The summed E-state index contributed by atoms with van der Waals surface area (Å²) < 4.78 is -0.409. The predicted molar refractivity (Wildman–Crippen MR) is 79.1 cm³/mol. The molecule has 1 aromatic rings. The van der Waals surface area contributed by atoms with Gasteiger partial charge in [0, 0.05) is 11.8 Å². The lowest BCUT2D eigenvalue weighted by Crippen LogP contribution is -2.51. The van der Waals surface area contributed by atoms with Gasteiger partial charge in [-0.05, 0) is 24.3 Å². The maximum Gasteiger partial charge on any atom is 0.150 e. The Bertz CT molecular complexity index is 438. The largest absolute Gasteiger partial charge is 0.298 e. The van der Waals surface area contributed by atoms with Crippen LogP contribution in [0.25, 0.3) is 0 Å². The second-order valence-electron chi connectivity index (χ2n) is 6.06. The lowest BCUT2D eigenvalue weighted by molar-refractivity contribution is -0.125. The van der Waals surface area contributed by atoms with Crippen molar-refractivity contribution in [2.75, 3.05) is 0 Å². The van der Waals surface area contributed by atoms with E-state index in [0.717, 1.165) is 12.8 Å². The Morgan fingerprint density at radius 1 is 1.28 bits per heavy atom. The summed E-state index contributed by atoms with van der Waals surface area (Å²) in [6, 6.07) is 10.3. The van der Waals surface area contributed by atoms with Crippen LogP contribution in [0.15, 0.2) is 30.3 Å². The van der Waals surface area contributed by atoms with E-state index >= 15 is 0 Å². The molecule has 0 saturated heterocycles. The molecule has 0 radical (unpaired) electrons. The van der Waals surface area contributed by atoms with Gasteiger partial charge in [-0.15, -0.1) is 0 Å². The average molecular weight is 309 g/mol. The van der Waals surface area contributed by atoms with E-state index in [-0.39, 0.29) is 5.41 Å². The van der Waals surface area contributed by atoms with Gasteiger partial charge in [-0.3, -0.25) is 4.79 Å². The van der Waals surface area contributed by atoms with Crippen LogP contribution in [0, 0.1) is 5.92 Å². The highest BCUT2D eigenvalue weighted by Gasteiger charge is 2.51. The Kier molecular flexibility index (Phi) is 3.68. The molecule has 0 heterocycles. The van der Waals surface area contributed by atoms with E-state index in [1.807, 2.05) is 18.2 Å². The SMILES string of the molecule is CC1CCC(Br)(C(C)(C)c2ccccc2)C(=O)C1. The number of carbonyl (C=O) groups is 1. The molecule has 1 aliphatic rings. The fourth-order valence-corrected chi connectivity index (χ4v) is 3.53. The minimum Gasteiger partial charge on any atom is -0.298 e. The van der Waals surface area contributed by atoms with Gasteiger partial charge in [-0.1, -0.05) is 67.0 Å². The molecule has 1 aliphatic carbocycles. The number of hydrogen-bond donors (Lipinski definition) is 0. The van der Waals surface area contributed by atoms with Crippen LogP contribution in [-0.4, -0.2) is 10.1 Å². The van der Waals surface area contributed by atoms with E-state index in [2.05, 4.69) is 48.8 Å². The molecule has 2 atom stereocenters. The number of rotatable bonds is 2. The average Bonchev–Trinajstić information content (AvgIpc) is 2.35. The highest BCUT2D eigenvalue weighted by atomic mass is 79.9. The summed E-state index contributed by atoms with van der Waals surface area (Å²) >= 11 is 3.80. The second-order valence-corrected chi connectivity index (χ2v) is 7.42. The van der Waals surface area contributed by atoms with Crippen LogP contribution in [0.2, 0.25) is 0 Å². The highest BCUT2D eigenvalue weighted by molar-refractivity contribution is 9.10. The van der Waals surface area contributed by atoms with Gasteiger partial charge in [0.1, 0.15) is 0 Å². The summed E-state index contributed by atoms with van der Waals surface area (Å²) in [7, 11) is 0. The molecule has 0 aliphatic heterocycles. The van der Waals surface area contributed by atoms with Gasteiger partial charge in [0.05, 0.1) is 4.32 Å². The fraction of sp³-hybridized carbons (Fsp3) is 0.562. The van der Waals surface area contributed by atoms with Crippen molar-refractivity contribution in [1.29, 1.82) is 0 Å². The topological polar surface area (TPSA) is 17.1 Å². The molecule has 1 aromatic carbocycles. The van der Waals surface area contributed by atoms with Crippen LogP contribution >= 0.6 is 15.9 Å². The number of carbonyl (C=O) groups excluding carboxylic acids is 1. The summed E-state index contributed by atoms with van der Waals surface area (Å²) in [4.78, 5) is 12.5. The molecule has 0 N–H and O–H groups in total. The smallest absolute Gasteiger partial charge is 0.150 e. The Balaban J connectivity index is 2.37. The van der Waals surface area contributed by atoms with Crippen molar-refractivity contribution in [1.82, 2.24) is 0 Å². The third kappa shape index (κ3) is 2.16. The highest BCUT2D eigenvalue weighted by Crippen LogP contribution is 2.49. The summed E-state index contributed by atoms with van der Waals surface area (Å²) in [5, 5.41) is 0. The molecule has 0 amide bonds. The summed E-state index contributed by atoms with van der Waals surface area (Å²) in [6.07, 6.45) is 2.74.